The highest BCUT2D eigenvalue weighted by molar-refractivity contribution is 7.17. The Labute approximate surface area is 305 Å². The normalized spacial score (nSPS) is 30.7. The number of amides is 3. The third kappa shape index (κ3) is 6.54. The Hall–Kier alpha value is -3.11. The number of piperidine rings is 1. The van der Waals surface area contributed by atoms with Crippen LogP contribution in [0.3, 0.4) is 0 Å². The zero-order chi connectivity index (χ0) is 36.6. The first-order chi connectivity index (χ1) is 24.7. The van der Waals surface area contributed by atoms with E-state index in [9.17, 15) is 27.6 Å². The zero-order valence-electron chi connectivity index (χ0n) is 30.0. The minimum Gasteiger partial charge on any atom is -0.378 e. The predicted octanol–water partition coefficient (Wildman–Crippen LogP) is 4.05. The number of aromatic nitrogens is 3. The van der Waals surface area contributed by atoms with Crippen molar-refractivity contribution in [1.29, 1.82) is 0 Å². The van der Waals surface area contributed by atoms with Crippen LogP contribution in [0.25, 0.3) is 10.3 Å². The van der Waals surface area contributed by atoms with Crippen LogP contribution in [0.4, 0.5) is 19.0 Å². The summed E-state index contributed by atoms with van der Waals surface area (Å²) in [6.07, 6.45) is 1.02. The van der Waals surface area contributed by atoms with Gasteiger partial charge in [0.1, 0.15) is 17.1 Å². The van der Waals surface area contributed by atoms with Gasteiger partial charge < -0.3 is 29.5 Å². The first-order valence-corrected chi connectivity index (χ1v) is 19.5. The molecule has 5 saturated heterocycles. The maximum atomic E-state index is 14.6. The molecular formula is C36H48F3N7O5S. The number of alkyl halides is 3. The van der Waals surface area contributed by atoms with Crippen molar-refractivity contribution in [2.45, 2.75) is 90.1 Å². The molecule has 52 heavy (non-hydrogen) atoms. The number of carbonyl (C=O) groups excluding carboxylic acids is 3. The molecule has 0 aromatic carbocycles. The Bertz CT molecular complexity index is 1690. The van der Waals surface area contributed by atoms with Crippen molar-refractivity contribution >= 4 is 45.2 Å². The number of anilines is 1. The molecule has 1 spiro atoms. The summed E-state index contributed by atoms with van der Waals surface area (Å²) in [7, 11) is 0. The van der Waals surface area contributed by atoms with Crippen molar-refractivity contribution in [3.05, 3.63) is 11.8 Å². The molecule has 1 N–H and O–H groups in total. The lowest BCUT2D eigenvalue weighted by Gasteiger charge is -2.51. The fourth-order valence-corrected chi connectivity index (χ4v) is 10.1. The Kier molecular flexibility index (Phi) is 9.00. The number of carbonyl (C=O) groups is 3. The van der Waals surface area contributed by atoms with Crippen LogP contribution in [-0.2, 0) is 23.9 Å². The van der Waals surface area contributed by atoms with Crippen LogP contribution in [0.2, 0.25) is 0 Å². The van der Waals surface area contributed by atoms with E-state index in [0.717, 1.165) is 36.8 Å². The molecule has 0 unspecified atom stereocenters. The SMILES string of the molecule is C[C@@H](OCC12CCC(CC1)OC2)[C@H](NC(=O)[C@@H]1CN(c2ncnc3ncsc23)CC12CN(C(=O)[C@H]1CC1(C)C)C2)C(=O)N1CCC(C(F)(F)F)CC1. The summed E-state index contributed by atoms with van der Waals surface area (Å²) in [5, 5.41) is 3.06. The van der Waals surface area contributed by atoms with Crippen LogP contribution in [-0.4, -0.2) is 119 Å². The summed E-state index contributed by atoms with van der Waals surface area (Å²) >= 11 is 1.42. The quantitative estimate of drug-likeness (QED) is 0.404. The minimum atomic E-state index is -4.32. The number of hydrogen-bond acceptors (Lipinski definition) is 10. The van der Waals surface area contributed by atoms with Crippen molar-refractivity contribution in [3.8, 4) is 0 Å². The Morgan fingerprint density at radius 1 is 1.04 bits per heavy atom. The molecule has 3 amide bonds. The minimum absolute atomic E-state index is 0.0288. The van der Waals surface area contributed by atoms with E-state index in [1.165, 1.54) is 22.6 Å². The van der Waals surface area contributed by atoms with Gasteiger partial charge >= 0.3 is 6.18 Å². The van der Waals surface area contributed by atoms with E-state index < -0.39 is 41.5 Å². The fraction of sp³-hybridized carbons (Fsp3) is 0.778. The van der Waals surface area contributed by atoms with E-state index >= 15 is 0 Å². The smallest absolute Gasteiger partial charge is 0.378 e. The number of ether oxygens (including phenoxy) is 2. The molecule has 7 heterocycles. The average molecular weight is 748 g/mol. The first kappa shape index (κ1) is 35.9. The number of fused-ring (bicyclic) bond motifs is 4. The van der Waals surface area contributed by atoms with Crippen LogP contribution >= 0.6 is 11.3 Å². The highest BCUT2D eigenvalue weighted by Crippen LogP contribution is 2.55. The third-order valence-electron chi connectivity index (χ3n) is 13.1. The van der Waals surface area contributed by atoms with Gasteiger partial charge in [-0.15, -0.1) is 11.3 Å². The van der Waals surface area contributed by atoms with E-state index in [1.807, 2.05) is 4.90 Å². The number of hydrogen-bond donors (Lipinski definition) is 1. The van der Waals surface area contributed by atoms with E-state index in [-0.39, 0.29) is 60.6 Å². The number of rotatable bonds is 9. The molecule has 5 aliphatic heterocycles. The second-order valence-electron chi connectivity index (χ2n) is 17.1. The van der Waals surface area contributed by atoms with Crippen LogP contribution in [0.15, 0.2) is 11.8 Å². The second kappa shape index (κ2) is 13.0. The van der Waals surface area contributed by atoms with Crippen LogP contribution in [0.1, 0.15) is 65.7 Å². The summed E-state index contributed by atoms with van der Waals surface area (Å²) in [6.45, 7) is 8.40. The largest absolute Gasteiger partial charge is 0.391 e. The summed E-state index contributed by atoms with van der Waals surface area (Å²) in [5.41, 5.74) is 1.51. The number of nitrogens with one attached hydrogen (secondary N) is 1. The first-order valence-electron chi connectivity index (χ1n) is 18.6. The highest BCUT2D eigenvalue weighted by atomic mass is 32.1. The van der Waals surface area contributed by atoms with E-state index in [1.54, 1.807) is 12.4 Å². The lowest BCUT2D eigenvalue weighted by Crippen LogP contribution is -2.65. The van der Waals surface area contributed by atoms with Gasteiger partial charge in [-0.2, -0.15) is 13.2 Å². The molecule has 2 aromatic rings. The van der Waals surface area contributed by atoms with Gasteiger partial charge in [-0.1, -0.05) is 13.8 Å². The summed E-state index contributed by atoms with van der Waals surface area (Å²) in [5.74, 6) is -2.07. The van der Waals surface area contributed by atoms with Crippen LogP contribution < -0.4 is 10.2 Å². The summed E-state index contributed by atoms with van der Waals surface area (Å²) in [4.78, 5) is 60.8. The number of halogens is 3. The van der Waals surface area contributed by atoms with Gasteiger partial charge in [-0.25, -0.2) is 15.0 Å². The van der Waals surface area contributed by atoms with Crippen molar-refractivity contribution < 1.29 is 37.0 Å². The van der Waals surface area contributed by atoms with Crippen molar-refractivity contribution in [1.82, 2.24) is 30.1 Å². The lowest BCUT2D eigenvalue weighted by atomic mass is 9.70. The van der Waals surface area contributed by atoms with Gasteiger partial charge in [-0.05, 0) is 57.3 Å². The number of thiazole rings is 1. The molecule has 12 nitrogen and oxygen atoms in total. The molecule has 7 aliphatic rings. The molecule has 4 atom stereocenters. The van der Waals surface area contributed by atoms with Crippen molar-refractivity contribution in [2.75, 3.05) is 57.4 Å². The number of likely N-dealkylation sites (tertiary alicyclic amines) is 2. The molecule has 7 fully saturated rings. The average Bonchev–Trinajstić information content (AvgIpc) is 3.43. The van der Waals surface area contributed by atoms with Gasteiger partial charge in [0.05, 0.1) is 42.8 Å². The standard InChI is InChI=1S/C36H48F3N7O5S/c1-21(50-17-34-8-4-23(5-9-34)51-18-34)26(32(49)44-10-6-22(7-11-44)36(37,38)39)43-30(47)25-13-45(29-27-28(40-19-41-29)42-20-52-27)14-35(25)15-46(16-35)31(48)24-12-33(24,2)3/h19-26H,4-18H2,1-3H3,(H,43,47)/t21-,23?,24-,25+,26+,34?/m1/s1. The fourth-order valence-electron chi connectivity index (χ4n) is 9.36. The molecule has 2 aliphatic carbocycles. The van der Waals surface area contributed by atoms with Gasteiger partial charge in [0, 0.05) is 56.0 Å². The Balaban J connectivity index is 1.03. The van der Waals surface area contributed by atoms with Crippen LogP contribution in [0, 0.1) is 34.0 Å². The second-order valence-corrected chi connectivity index (χ2v) is 17.9. The molecule has 2 saturated carbocycles. The van der Waals surface area contributed by atoms with E-state index in [4.69, 9.17) is 9.47 Å². The predicted molar refractivity (Wildman–Crippen MR) is 185 cm³/mol. The molecule has 2 aromatic heterocycles. The molecule has 284 valence electrons. The van der Waals surface area contributed by atoms with Crippen molar-refractivity contribution in [3.63, 3.8) is 0 Å². The zero-order valence-corrected chi connectivity index (χ0v) is 30.8. The van der Waals surface area contributed by atoms with Gasteiger partial charge in [0.2, 0.25) is 17.7 Å². The molecule has 2 bridgehead atoms. The number of nitrogens with zero attached hydrogens (tertiary/aromatic N) is 6. The van der Waals surface area contributed by atoms with E-state index in [2.05, 4.69) is 39.0 Å². The molecule has 0 radical (unpaired) electrons. The molecule has 9 rings (SSSR count). The third-order valence-corrected chi connectivity index (χ3v) is 13.9. The molecule has 16 heteroatoms. The monoisotopic (exact) mass is 747 g/mol. The van der Waals surface area contributed by atoms with Gasteiger partial charge in [0.15, 0.2) is 11.5 Å². The van der Waals surface area contributed by atoms with E-state index in [0.29, 0.717) is 50.9 Å². The highest BCUT2D eigenvalue weighted by Gasteiger charge is 2.62. The van der Waals surface area contributed by atoms with Crippen molar-refractivity contribution in [2.24, 2.45) is 34.0 Å². The van der Waals surface area contributed by atoms with Crippen LogP contribution in [0.5, 0.6) is 0 Å². The van der Waals surface area contributed by atoms with Gasteiger partial charge in [0.25, 0.3) is 0 Å². The maximum absolute atomic E-state index is 14.6. The maximum Gasteiger partial charge on any atom is 0.391 e. The summed E-state index contributed by atoms with van der Waals surface area (Å²) < 4.78 is 53.8. The molecular weight excluding hydrogens is 700 g/mol. The Morgan fingerprint density at radius 3 is 2.38 bits per heavy atom. The topological polar surface area (TPSA) is 130 Å². The summed E-state index contributed by atoms with van der Waals surface area (Å²) in [6, 6.07) is -1.10. The Morgan fingerprint density at radius 2 is 1.75 bits per heavy atom. The van der Waals surface area contributed by atoms with Gasteiger partial charge in [-0.3, -0.25) is 14.4 Å². The lowest BCUT2D eigenvalue weighted by molar-refractivity contribution is -0.187.